The minimum atomic E-state index is 0.0702. The molecule has 3 N–H and O–H groups in total. The molecular formula is C12H19NOS. The third-order valence-corrected chi connectivity index (χ3v) is 3.56. The average Bonchev–Trinajstić information content (AvgIpc) is 2.22. The fourth-order valence-electron chi connectivity index (χ4n) is 1.37. The minimum absolute atomic E-state index is 0.0702. The van der Waals surface area contributed by atoms with E-state index in [-0.39, 0.29) is 12.6 Å². The third kappa shape index (κ3) is 3.86. The van der Waals surface area contributed by atoms with E-state index in [1.165, 1.54) is 16.7 Å². The number of aliphatic hydroxyl groups is 1. The summed E-state index contributed by atoms with van der Waals surface area (Å²) in [5.41, 5.74) is 9.82. The van der Waals surface area contributed by atoms with Gasteiger partial charge in [0, 0.05) is 17.5 Å². The lowest BCUT2D eigenvalue weighted by Crippen LogP contribution is -2.13. The van der Waals surface area contributed by atoms with Crippen LogP contribution in [0.5, 0.6) is 0 Å². The molecule has 0 heterocycles. The molecule has 2 nitrogen and oxygen atoms in total. The zero-order valence-corrected chi connectivity index (χ0v) is 10.2. The molecule has 1 rings (SSSR count). The molecule has 0 fully saturated rings. The lowest BCUT2D eigenvalue weighted by atomic mass is 10.0. The van der Waals surface area contributed by atoms with Gasteiger partial charge in [0.1, 0.15) is 0 Å². The predicted molar refractivity (Wildman–Crippen MR) is 67.3 cm³/mol. The van der Waals surface area contributed by atoms with Crippen LogP contribution in [0.1, 0.15) is 22.7 Å². The monoisotopic (exact) mass is 225 g/mol. The first kappa shape index (κ1) is 12.6. The van der Waals surface area contributed by atoms with E-state index in [9.17, 15) is 0 Å². The van der Waals surface area contributed by atoms with Crippen LogP contribution in [0.15, 0.2) is 18.2 Å². The Bertz CT molecular complexity index is 314. The van der Waals surface area contributed by atoms with Gasteiger partial charge in [-0.1, -0.05) is 18.2 Å². The predicted octanol–water partition coefficient (Wildman–Crippen LogP) is 2.03. The minimum Gasteiger partial charge on any atom is -0.396 e. The largest absolute Gasteiger partial charge is 0.396 e. The number of benzene rings is 1. The van der Waals surface area contributed by atoms with Crippen molar-refractivity contribution in [2.24, 2.45) is 5.73 Å². The maximum atomic E-state index is 8.67. The number of aliphatic hydroxyl groups excluding tert-OH is 1. The van der Waals surface area contributed by atoms with Crippen LogP contribution in [0.25, 0.3) is 0 Å². The van der Waals surface area contributed by atoms with E-state index in [0.29, 0.717) is 0 Å². The first-order valence-electron chi connectivity index (χ1n) is 5.16. The summed E-state index contributed by atoms with van der Waals surface area (Å²) in [5.74, 6) is 1.63. The number of aryl methyl sites for hydroxylation is 2. The Kier molecular flexibility index (Phi) is 5.15. The average molecular weight is 225 g/mol. The number of hydrogen-bond acceptors (Lipinski definition) is 3. The van der Waals surface area contributed by atoms with Crippen molar-refractivity contribution >= 4 is 11.8 Å². The summed E-state index contributed by atoms with van der Waals surface area (Å²) in [4.78, 5) is 0. The van der Waals surface area contributed by atoms with Crippen LogP contribution in [-0.2, 0) is 0 Å². The molecular weight excluding hydrogens is 206 g/mol. The van der Waals surface area contributed by atoms with E-state index in [0.717, 1.165) is 11.5 Å². The van der Waals surface area contributed by atoms with Crippen molar-refractivity contribution in [3.05, 3.63) is 34.9 Å². The van der Waals surface area contributed by atoms with Gasteiger partial charge in [-0.2, -0.15) is 11.8 Å². The first-order chi connectivity index (χ1) is 7.15. The van der Waals surface area contributed by atoms with Gasteiger partial charge in [-0.05, 0) is 30.5 Å². The quantitative estimate of drug-likeness (QED) is 0.754. The lowest BCUT2D eigenvalue weighted by molar-refractivity contribution is 0.322. The second-order valence-corrected chi connectivity index (χ2v) is 4.90. The van der Waals surface area contributed by atoms with Crippen LogP contribution in [0.2, 0.25) is 0 Å². The van der Waals surface area contributed by atoms with Gasteiger partial charge < -0.3 is 10.8 Å². The molecule has 0 aliphatic heterocycles. The molecule has 0 saturated heterocycles. The molecule has 1 aromatic rings. The zero-order chi connectivity index (χ0) is 11.3. The maximum absolute atomic E-state index is 8.67. The molecule has 0 aromatic heterocycles. The molecule has 1 atom stereocenters. The van der Waals surface area contributed by atoms with Gasteiger partial charge in [-0.15, -0.1) is 0 Å². The summed E-state index contributed by atoms with van der Waals surface area (Å²) in [6.45, 7) is 4.43. The van der Waals surface area contributed by atoms with E-state index >= 15 is 0 Å². The van der Waals surface area contributed by atoms with Crippen LogP contribution in [0.4, 0.5) is 0 Å². The molecule has 0 aliphatic rings. The summed E-state index contributed by atoms with van der Waals surface area (Å²) in [6.07, 6.45) is 0. The molecule has 0 aliphatic carbocycles. The molecule has 0 saturated carbocycles. The molecule has 1 aromatic carbocycles. The van der Waals surface area contributed by atoms with Crippen molar-refractivity contribution in [2.45, 2.75) is 19.9 Å². The highest BCUT2D eigenvalue weighted by Crippen LogP contribution is 2.18. The van der Waals surface area contributed by atoms with E-state index in [1.54, 1.807) is 11.8 Å². The molecule has 0 spiro atoms. The van der Waals surface area contributed by atoms with Gasteiger partial charge in [0.15, 0.2) is 0 Å². The van der Waals surface area contributed by atoms with Crippen LogP contribution in [0, 0.1) is 13.8 Å². The number of thioether (sulfide) groups is 1. The fraction of sp³-hybridized carbons (Fsp3) is 0.500. The summed E-state index contributed by atoms with van der Waals surface area (Å²) in [7, 11) is 0. The van der Waals surface area contributed by atoms with Crippen molar-refractivity contribution < 1.29 is 5.11 Å². The fourth-order valence-corrected chi connectivity index (χ4v) is 2.11. The van der Waals surface area contributed by atoms with Crippen molar-refractivity contribution in [1.82, 2.24) is 0 Å². The summed E-state index contributed by atoms with van der Waals surface area (Å²) >= 11 is 1.69. The Morgan fingerprint density at radius 2 is 2.07 bits per heavy atom. The van der Waals surface area contributed by atoms with Gasteiger partial charge in [0.05, 0.1) is 6.61 Å². The number of rotatable bonds is 5. The maximum Gasteiger partial charge on any atom is 0.0521 e. The van der Waals surface area contributed by atoms with Gasteiger partial charge >= 0.3 is 0 Å². The Balaban J connectivity index is 2.57. The van der Waals surface area contributed by atoms with Crippen molar-refractivity contribution in [2.75, 3.05) is 18.1 Å². The highest BCUT2D eigenvalue weighted by molar-refractivity contribution is 7.99. The van der Waals surface area contributed by atoms with Gasteiger partial charge in [-0.3, -0.25) is 0 Å². The molecule has 0 amide bonds. The summed E-state index contributed by atoms with van der Waals surface area (Å²) in [5, 5.41) is 8.67. The van der Waals surface area contributed by atoms with Crippen LogP contribution in [-0.4, -0.2) is 23.2 Å². The van der Waals surface area contributed by atoms with Crippen molar-refractivity contribution in [3.8, 4) is 0 Å². The Labute approximate surface area is 95.9 Å². The van der Waals surface area contributed by atoms with Crippen molar-refractivity contribution in [1.29, 1.82) is 0 Å². The number of hydrogen-bond donors (Lipinski definition) is 2. The molecule has 0 bridgehead atoms. The summed E-state index contributed by atoms with van der Waals surface area (Å²) in [6, 6.07) is 6.42. The first-order valence-corrected chi connectivity index (χ1v) is 6.32. The zero-order valence-electron chi connectivity index (χ0n) is 9.36. The van der Waals surface area contributed by atoms with E-state index in [4.69, 9.17) is 10.8 Å². The topological polar surface area (TPSA) is 46.2 Å². The molecule has 1 unspecified atom stereocenters. The highest BCUT2D eigenvalue weighted by atomic mass is 32.2. The molecule has 0 radical (unpaired) electrons. The van der Waals surface area contributed by atoms with Gasteiger partial charge in [0.25, 0.3) is 0 Å². The van der Waals surface area contributed by atoms with Crippen LogP contribution >= 0.6 is 11.8 Å². The van der Waals surface area contributed by atoms with Crippen LogP contribution in [0.3, 0.4) is 0 Å². The molecule has 84 valence electrons. The second kappa shape index (κ2) is 6.16. The summed E-state index contributed by atoms with van der Waals surface area (Å²) < 4.78 is 0. The Morgan fingerprint density at radius 1 is 1.33 bits per heavy atom. The Hall–Kier alpha value is -0.510. The van der Waals surface area contributed by atoms with Crippen LogP contribution < -0.4 is 5.73 Å². The SMILES string of the molecule is Cc1ccc(C(N)CSCCO)cc1C. The van der Waals surface area contributed by atoms with E-state index < -0.39 is 0 Å². The Morgan fingerprint density at radius 3 is 2.67 bits per heavy atom. The third-order valence-electron chi connectivity index (χ3n) is 2.49. The molecule has 15 heavy (non-hydrogen) atoms. The van der Waals surface area contributed by atoms with Gasteiger partial charge in [-0.25, -0.2) is 0 Å². The lowest BCUT2D eigenvalue weighted by Gasteiger charge is -2.13. The normalized spacial score (nSPS) is 12.8. The second-order valence-electron chi connectivity index (χ2n) is 3.75. The smallest absolute Gasteiger partial charge is 0.0521 e. The molecule has 3 heteroatoms. The number of nitrogens with two attached hydrogens (primary N) is 1. The van der Waals surface area contributed by atoms with Gasteiger partial charge in [0.2, 0.25) is 0 Å². The van der Waals surface area contributed by atoms with E-state index in [2.05, 4.69) is 32.0 Å². The van der Waals surface area contributed by atoms with Crippen molar-refractivity contribution in [3.63, 3.8) is 0 Å². The van der Waals surface area contributed by atoms with E-state index in [1.807, 2.05) is 0 Å². The highest BCUT2D eigenvalue weighted by Gasteiger charge is 2.06. The standard InChI is InChI=1S/C12H19NOS/c1-9-3-4-11(7-10(9)2)12(13)8-15-6-5-14/h3-4,7,12,14H,5-6,8,13H2,1-2H3.